The molecule has 2 amide bonds. The first-order valence-electron chi connectivity index (χ1n) is 12.1. The first-order chi connectivity index (χ1) is 18.2. The number of nitrogens with zero attached hydrogens (tertiary/aromatic N) is 1. The maximum Gasteiger partial charge on any atom is 0.306 e. The number of phenolic OH excluding ortho intramolecular Hbond substituents is 1. The molecule has 0 heterocycles. The van der Waals surface area contributed by atoms with Crippen molar-refractivity contribution >= 4 is 35.0 Å². The third-order valence-corrected chi connectivity index (χ3v) is 7.65. The fourth-order valence-electron chi connectivity index (χ4n) is 5.86. The summed E-state index contributed by atoms with van der Waals surface area (Å²) in [4.78, 5) is 64.0. The molecule has 4 rings (SSSR count). The number of carbonyl (C=O) groups is 5. The number of likely N-dealkylation sites (N-methyl/N-ethyl adjacent to an activating group) is 1. The lowest BCUT2D eigenvalue weighted by molar-refractivity contribution is -0.148. The van der Waals surface area contributed by atoms with Gasteiger partial charge in [-0.15, -0.1) is 0 Å². The van der Waals surface area contributed by atoms with Crippen LogP contribution in [0.2, 0.25) is 0 Å². The number of phenols is 1. The summed E-state index contributed by atoms with van der Waals surface area (Å²) in [6, 6.07) is 1.84. The summed E-state index contributed by atoms with van der Waals surface area (Å²) in [5, 5.41) is 47.0. The van der Waals surface area contributed by atoms with Crippen LogP contribution in [0.3, 0.4) is 0 Å². The highest BCUT2D eigenvalue weighted by molar-refractivity contribution is 6.25. The number of aliphatic hydroxyl groups excluding tert-OH is 2. The van der Waals surface area contributed by atoms with Crippen LogP contribution in [0.25, 0.3) is 0 Å². The number of hydrogen-bond donors (Lipinski definition) is 6. The zero-order chi connectivity index (χ0) is 29.0. The van der Waals surface area contributed by atoms with Crippen molar-refractivity contribution in [3.05, 3.63) is 45.9 Å². The minimum Gasteiger partial charge on any atom is -0.510 e. The number of nitrogens with one attached hydrogen (secondary N) is 1. The molecule has 13 heteroatoms. The van der Waals surface area contributed by atoms with Crippen LogP contribution in [0.4, 0.5) is 5.69 Å². The molecule has 0 aliphatic heterocycles. The number of nitrogens with two attached hydrogens (primary N) is 1. The van der Waals surface area contributed by atoms with Crippen molar-refractivity contribution < 1.29 is 49.1 Å². The molecule has 1 aromatic rings. The van der Waals surface area contributed by atoms with E-state index in [1.807, 2.05) is 0 Å². The molecule has 0 radical (unpaired) electrons. The van der Waals surface area contributed by atoms with Gasteiger partial charge in [0.25, 0.3) is 5.91 Å². The highest BCUT2D eigenvalue weighted by atomic mass is 16.5. The molecule has 0 fully saturated rings. The second kappa shape index (κ2) is 9.82. The highest BCUT2D eigenvalue weighted by Crippen LogP contribution is 2.52. The minimum absolute atomic E-state index is 0.0292. The van der Waals surface area contributed by atoms with Gasteiger partial charge in [0.15, 0.2) is 17.1 Å². The molecular formula is C26H29N3O10. The Bertz CT molecular complexity index is 1380. The van der Waals surface area contributed by atoms with E-state index in [9.17, 15) is 44.4 Å². The standard InChI is InChI=1S/C26H29N3O10/c1-29(2)19-12-9-11-8-10-4-5-13(28-14(30)6-7-15(31)39-3)20(32)16(10)21(33)17(11)23(35)26(12,38)24(36)18(22(19)34)25(27)37/h4-5,11-12,19,32,34-35,38H,6-9H2,1-3H3,(H2,27,37)(H,28,30)/t11-,12-,19-,26-/m0/s1. The first-order valence-corrected chi connectivity index (χ1v) is 12.1. The van der Waals surface area contributed by atoms with Gasteiger partial charge in [-0.05, 0) is 44.5 Å². The number of allylic oxidation sites excluding steroid dienone is 1. The molecule has 208 valence electrons. The molecule has 0 bridgehead atoms. The van der Waals surface area contributed by atoms with E-state index in [-0.39, 0.29) is 42.5 Å². The van der Waals surface area contributed by atoms with Crippen LogP contribution in [0.5, 0.6) is 5.75 Å². The lowest BCUT2D eigenvalue weighted by Crippen LogP contribution is -2.63. The van der Waals surface area contributed by atoms with Crippen molar-refractivity contribution in [1.82, 2.24) is 4.90 Å². The second-order valence-corrected chi connectivity index (χ2v) is 10.1. The molecule has 0 saturated carbocycles. The smallest absolute Gasteiger partial charge is 0.306 e. The fraction of sp³-hybridized carbons (Fsp3) is 0.423. The molecule has 3 aliphatic rings. The fourth-order valence-corrected chi connectivity index (χ4v) is 5.86. The number of aromatic hydroxyl groups is 1. The van der Waals surface area contributed by atoms with Crippen LogP contribution in [-0.4, -0.2) is 87.5 Å². The Morgan fingerprint density at radius 2 is 1.82 bits per heavy atom. The topological polar surface area (TPSA) is 217 Å². The number of anilines is 1. The zero-order valence-corrected chi connectivity index (χ0v) is 21.5. The Kier molecular flexibility index (Phi) is 7.00. The summed E-state index contributed by atoms with van der Waals surface area (Å²) in [5.74, 6) is -8.76. The van der Waals surface area contributed by atoms with Crippen molar-refractivity contribution in [3.63, 3.8) is 0 Å². The van der Waals surface area contributed by atoms with E-state index >= 15 is 0 Å². The van der Waals surface area contributed by atoms with Crippen molar-refractivity contribution in [2.45, 2.75) is 37.3 Å². The van der Waals surface area contributed by atoms with Crippen molar-refractivity contribution in [2.24, 2.45) is 17.6 Å². The molecule has 1 aromatic carbocycles. The molecule has 0 aromatic heterocycles. The van der Waals surface area contributed by atoms with Gasteiger partial charge in [0.05, 0.1) is 30.8 Å². The van der Waals surface area contributed by atoms with Gasteiger partial charge >= 0.3 is 5.97 Å². The zero-order valence-electron chi connectivity index (χ0n) is 21.5. The number of Topliss-reactive ketones (excluding diaryl/α,β-unsaturated/α-hetero) is 2. The van der Waals surface area contributed by atoms with E-state index in [4.69, 9.17) is 5.73 Å². The van der Waals surface area contributed by atoms with Gasteiger partial charge in [0.1, 0.15) is 17.1 Å². The van der Waals surface area contributed by atoms with Crippen molar-refractivity contribution in [3.8, 4) is 5.75 Å². The molecule has 13 nitrogen and oxygen atoms in total. The number of ether oxygens (including phenoxy) is 1. The molecular weight excluding hydrogens is 514 g/mol. The second-order valence-electron chi connectivity index (χ2n) is 10.1. The van der Waals surface area contributed by atoms with Gasteiger partial charge < -0.3 is 36.2 Å². The highest BCUT2D eigenvalue weighted by Gasteiger charge is 2.63. The lowest BCUT2D eigenvalue weighted by Gasteiger charge is -2.50. The van der Waals surface area contributed by atoms with Crippen LogP contribution >= 0.6 is 0 Å². The van der Waals surface area contributed by atoms with Gasteiger partial charge in [0.2, 0.25) is 11.7 Å². The normalized spacial score (nSPS) is 26.1. The summed E-state index contributed by atoms with van der Waals surface area (Å²) in [7, 11) is 4.27. The summed E-state index contributed by atoms with van der Waals surface area (Å²) < 4.78 is 4.49. The maximum atomic E-state index is 13.7. The number of ketones is 2. The number of benzene rings is 1. The number of hydrogen-bond acceptors (Lipinski definition) is 11. The summed E-state index contributed by atoms with van der Waals surface area (Å²) in [5.41, 5.74) is 1.44. The van der Waals surface area contributed by atoms with E-state index in [2.05, 4.69) is 10.1 Å². The predicted octanol–water partition coefficient (Wildman–Crippen LogP) is 0.0123. The Morgan fingerprint density at radius 3 is 2.41 bits per heavy atom. The third-order valence-electron chi connectivity index (χ3n) is 7.65. The van der Waals surface area contributed by atoms with E-state index in [1.165, 1.54) is 24.1 Å². The minimum atomic E-state index is -2.74. The SMILES string of the molecule is COC(=O)CCC(=O)Nc1ccc2c(c1O)C(=O)C1=C(O)[C@]3(O)C(=O)C(C(N)=O)=C(O)[C@@H](N(C)C)[C@@H]3C[C@@H]1C2. The van der Waals surface area contributed by atoms with Crippen LogP contribution < -0.4 is 11.1 Å². The molecule has 0 unspecified atom stereocenters. The largest absolute Gasteiger partial charge is 0.510 e. The van der Waals surface area contributed by atoms with Gasteiger partial charge in [-0.25, -0.2) is 0 Å². The average molecular weight is 544 g/mol. The van der Waals surface area contributed by atoms with Crippen LogP contribution in [-0.2, 0) is 30.3 Å². The quantitative estimate of drug-likeness (QED) is 0.160. The van der Waals surface area contributed by atoms with Crippen LogP contribution in [0.1, 0.15) is 35.2 Å². The number of fused-ring (bicyclic) bond motifs is 3. The summed E-state index contributed by atoms with van der Waals surface area (Å²) in [6.45, 7) is 0. The number of carbonyl (C=O) groups excluding carboxylic acids is 5. The molecule has 0 spiro atoms. The van der Waals surface area contributed by atoms with Crippen molar-refractivity contribution in [1.29, 1.82) is 0 Å². The molecule has 7 N–H and O–H groups in total. The van der Waals surface area contributed by atoms with E-state index in [1.54, 1.807) is 14.1 Å². The average Bonchev–Trinajstić information content (AvgIpc) is 2.86. The molecule has 0 saturated heterocycles. The Labute approximate surface area is 222 Å². The third kappa shape index (κ3) is 4.23. The van der Waals surface area contributed by atoms with Gasteiger partial charge in [0, 0.05) is 17.9 Å². The van der Waals surface area contributed by atoms with Crippen molar-refractivity contribution in [2.75, 3.05) is 26.5 Å². The number of methoxy groups -OCH3 is 1. The van der Waals surface area contributed by atoms with E-state index in [0.717, 1.165) is 0 Å². The van der Waals surface area contributed by atoms with E-state index in [0.29, 0.717) is 5.56 Å². The monoisotopic (exact) mass is 543 g/mol. The Balaban J connectivity index is 1.77. The number of primary amides is 1. The van der Waals surface area contributed by atoms with Crippen LogP contribution in [0, 0.1) is 11.8 Å². The Morgan fingerprint density at radius 1 is 1.15 bits per heavy atom. The number of rotatable bonds is 6. The summed E-state index contributed by atoms with van der Waals surface area (Å²) >= 11 is 0. The van der Waals surface area contributed by atoms with Gasteiger partial charge in [-0.3, -0.25) is 28.9 Å². The first kappa shape index (κ1) is 27.8. The van der Waals surface area contributed by atoms with Crippen LogP contribution in [0.15, 0.2) is 34.8 Å². The number of amides is 2. The van der Waals surface area contributed by atoms with Gasteiger partial charge in [-0.2, -0.15) is 0 Å². The number of esters is 1. The molecule has 4 atom stereocenters. The maximum absolute atomic E-state index is 13.7. The molecule has 3 aliphatic carbocycles. The molecule has 39 heavy (non-hydrogen) atoms. The predicted molar refractivity (Wildman–Crippen MR) is 134 cm³/mol. The lowest BCUT2D eigenvalue weighted by atomic mass is 9.58. The number of aliphatic hydroxyl groups is 3. The Hall–Kier alpha value is -4.23. The van der Waals surface area contributed by atoms with Gasteiger partial charge in [-0.1, -0.05) is 6.07 Å². The van der Waals surface area contributed by atoms with E-state index < -0.39 is 75.7 Å². The summed E-state index contributed by atoms with van der Waals surface area (Å²) in [6.07, 6.45) is -0.344.